The molecule has 0 bridgehead atoms. The molecule has 9 nitrogen and oxygen atoms in total. The Bertz CT molecular complexity index is 1030. The van der Waals surface area contributed by atoms with Gasteiger partial charge in [-0.15, -0.1) is 0 Å². The van der Waals surface area contributed by atoms with Gasteiger partial charge in [-0.05, 0) is 12.5 Å². The lowest BCUT2D eigenvalue weighted by Crippen LogP contribution is -2.44. The molecule has 1 aliphatic heterocycles. The molecule has 2 aromatic rings. The van der Waals surface area contributed by atoms with Crippen LogP contribution in [0.4, 0.5) is 11.5 Å². The monoisotopic (exact) mass is 344 g/mol. The number of hydrogen-bond acceptors (Lipinski definition) is 5. The maximum Gasteiger partial charge on any atom is 0.332 e. The predicted molar refractivity (Wildman–Crippen MR) is 89.8 cm³/mol. The number of carbonyl (C=O) groups is 1. The van der Waals surface area contributed by atoms with Crippen molar-refractivity contribution in [3.8, 4) is 0 Å². The molecule has 9 heteroatoms. The Morgan fingerprint density at radius 3 is 2.52 bits per heavy atom. The number of anilines is 1. The van der Waals surface area contributed by atoms with Crippen LogP contribution >= 0.6 is 0 Å². The Morgan fingerprint density at radius 1 is 1.20 bits per heavy atom. The molecule has 0 fully saturated rings. The third-order valence-corrected chi connectivity index (χ3v) is 4.53. The number of fused-ring (bicyclic) bond motifs is 1. The normalized spacial score (nSPS) is 16.3. The number of nitro groups is 1. The van der Waals surface area contributed by atoms with Crippen LogP contribution in [0.3, 0.4) is 0 Å². The Morgan fingerprint density at radius 2 is 1.88 bits per heavy atom. The zero-order valence-electron chi connectivity index (χ0n) is 13.9. The van der Waals surface area contributed by atoms with Crippen LogP contribution in [0.5, 0.6) is 0 Å². The van der Waals surface area contributed by atoms with Crippen molar-refractivity contribution in [2.75, 3.05) is 5.32 Å². The number of nitrogens with zero attached hydrogens (tertiary/aromatic N) is 3. The first-order chi connectivity index (χ1) is 11.7. The molecule has 3 rings (SSSR count). The van der Waals surface area contributed by atoms with E-state index in [0.717, 1.165) is 4.57 Å². The molecule has 0 saturated heterocycles. The van der Waals surface area contributed by atoms with Gasteiger partial charge in [0, 0.05) is 38.1 Å². The van der Waals surface area contributed by atoms with Gasteiger partial charge in [-0.25, -0.2) is 4.79 Å². The first kappa shape index (κ1) is 16.6. The van der Waals surface area contributed by atoms with Crippen molar-refractivity contribution in [2.24, 2.45) is 14.1 Å². The molecular weight excluding hydrogens is 328 g/mol. The highest BCUT2D eigenvalue weighted by Gasteiger charge is 2.33. The number of aryl methyl sites for hydroxylation is 1. The summed E-state index contributed by atoms with van der Waals surface area (Å²) >= 11 is 0. The van der Waals surface area contributed by atoms with Crippen LogP contribution in [0.15, 0.2) is 27.8 Å². The van der Waals surface area contributed by atoms with Gasteiger partial charge in [0.2, 0.25) is 5.91 Å². The van der Waals surface area contributed by atoms with Crippen LogP contribution in [-0.4, -0.2) is 20.0 Å². The van der Waals surface area contributed by atoms with Gasteiger partial charge < -0.3 is 5.32 Å². The van der Waals surface area contributed by atoms with Crippen molar-refractivity contribution in [1.82, 2.24) is 9.13 Å². The number of hydrogen-bond donors (Lipinski definition) is 1. The molecule has 1 atom stereocenters. The van der Waals surface area contributed by atoms with E-state index in [1.165, 1.54) is 24.7 Å². The zero-order valence-corrected chi connectivity index (χ0v) is 13.9. The van der Waals surface area contributed by atoms with Gasteiger partial charge in [0.15, 0.2) is 0 Å². The van der Waals surface area contributed by atoms with E-state index in [2.05, 4.69) is 5.32 Å². The minimum Gasteiger partial charge on any atom is -0.312 e. The average molecular weight is 344 g/mol. The van der Waals surface area contributed by atoms with Gasteiger partial charge in [-0.1, -0.05) is 12.1 Å². The summed E-state index contributed by atoms with van der Waals surface area (Å²) in [6.07, 6.45) is -0.0271. The van der Waals surface area contributed by atoms with Crippen molar-refractivity contribution in [2.45, 2.75) is 19.3 Å². The highest BCUT2D eigenvalue weighted by molar-refractivity contribution is 5.94. The molecular formula is C16H16N4O5. The van der Waals surface area contributed by atoms with E-state index >= 15 is 0 Å². The Balaban J connectivity index is 2.30. The molecule has 1 aromatic heterocycles. The summed E-state index contributed by atoms with van der Waals surface area (Å²) in [6.45, 7) is 1.62. The summed E-state index contributed by atoms with van der Waals surface area (Å²) in [4.78, 5) is 47.5. The van der Waals surface area contributed by atoms with E-state index in [0.29, 0.717) is 11.1 Å². The second-order valence-corrected chi connectivity index (χ2v) is 6.08. The summed E-state index contributed by atoms with van der Waals surface area (Å²) in [5.74, 6) is -0.880. The molecule has 130 valence electrons. The molecule has 0 aliphatic carbocycles. The number of rotatable bonds is 2. The summed E-state index contributed by atoms with van der Waals surface area (Å²) in [6, 6.07) is 4.64. The molecule has 1 aromatic carbocycles. The van der Waals surface area contributed by atoms with Gasteiger partial charge >= 0.3 is 5.69 Å². The number of benzene rings is 1. The van der Waals surface area contributed by atoms with E-state index in [9.17, 15) is 24.5 Å². The molecule has 2 heterocycles. The summed E-state index contributed by atoms with van der Waals surface area (Å²) in [5.41, 5.74) is 0.0756. The molecule has 1 aliphatic rings. The van der Waals surface area contributed by atoms with Gasteiger partial charge in [0.05, 0.1) is 10.5 Å². The fraction of sp³-hybridized carbons (Fsp3) is 0.312. The third-order valence-electron chi connectivity index (χ3n) is 4.53. The van der Waals surface area contributed by atoms with Crippen molar-refractivity contribution < 1.29 is 9.72 Å². The SMILES string of the molecule is Cc1ccc([C@@H]2CC(=O)Nc3c2c(=O)n(C)c(=O)n3C)cc1[N+](=O)[O-]. The first-order valence-electron chi connectivity index (χ1n) is 7.57. The molecule has 1 amide bonds. The predicted octanol–water partition coefficient (Wildman–Crippen LogP) is 0.775. The van der Waals surface area contributed by atoms with Crippen molar-refractivity contribution in [3.63, 3.8) is 0 Å². The highest BCUT2D eigenvalue weighted by atomic mass is 16.6. The Labute approximate surface area is 141 Å². The van der Waals surface area contributed by atoms with Crippen LogP contribution in [0.1, 0.15) is 29.0 Å². The number of aromatic nitrogens is 2. The summed E-state index contributed by atoms with van der Waals surface area (Å²) in [7, 11) is 2.82. The lowest BCUT2D eigenvalue weighted by Gasteiger charge is -2.27. The highest BCUT2D eigenvalue weighted by Crippen LogP contribution is 2.35. The molecule has 25 heavy (non-hydrogen) atoms. The standard InChI is InChI=1S/C16H16N4O5/c1-8-4-5-9(6-11(8)20(24)25)10-7-12(21)17-14-13(10)15(22)19(3)16(23)18(14)2/h4-6,10H,7H2,1-3H3,(H,17,21)/t10-/m0/s1. The number of carbonyl (C=O) groups excluding carboxylic acids is 1. The fourth-order valence-corrected chi connectivity index (χ4v) is 3.13. The molecule has 0 radical (unpaired) electrons. The van der Waals surface area contributed by atoms with Crippen molar-refractivity contribution in [3.05, 3.63) is 65.8 Å². The number of nitro benzene ring substituents is 1. The van der Waals surface area contributed by atoms with Crippen LogP contribution in [0.2, 0.25) is 0 Å². The van der Waals surface area contributed by atoms with Gasteiger partial charge in [-0.3, -0.25) is 28.8 Å². The van der Waals surface area contributed by atoms with Crippen molar-refractivity contribution in [1.29, 1.82) is 0 Å². The van der Waals surface area contributed by atoms with Crippen molar-refractivity contribution >= 4 is 17.4 Å². The Kier molecular flexibility index (Phi) is 3.78. The average Bonchev–Trinajstić information content (AvgIpc) is 2.57. The van der Waals surface area contributed by atoms with Crippen LogP contribution < -0.4 is 16.6 Å². The maximum absolute atomic E-state index is 12.6. The first-order valence-corrected chi connectivity index (χ1v) is 7.57. The Hall–Kier alpha value is -3.23. The largest absolute Gasteiger partial charge is 0.332 e. The minimum absolute atomic E-state index is 0.0271. The lowest BCUT2D eigenvalue weighted by atomic mass is 9.86. The number of amides is 1. The van der Waals surface area contributed by atoms with Gasteiger partial charge in [0.25, 0.3) is 11.2 Å². The van der Waals surface area contributed by atoms with E-state index in [-0.39, 0.29) is 29.4 Å². The van der Waals surface area contributed by atoms with E-state index in [4.69, 9.17) is 0 Å². The second kappa shape index (κ2) is 5.69. The van der Waals surface area contributed by atoms with E-state index in [1.54, 1.807) is 19.1 Å². The zero-order chi connectivity index (χ0) is 18.5. The molecule has 0 saturated carbocycles. The maximum atomic E-state index is 12.6. The minimum atomic E-state index is -0.659. The number of nitrogens with one attached hydrogen (secondary N) is 1. The van der Waals surface area contributed by atoms with E-state index in [1.807, 2.05) is 0 Å². The quantitative estimate of drug-likeness (QED) is 0.638. The van der Waals surface area contributed by atoms with Crippen LogP contribution in [-0.2, 0) is 18.9 Å². The molecule has 1 N–H and O–H groups in total. The van der Waals surface area contributed by atoms with Gasteiger partial charge in [-0.2, -0.15) is 0 Å². The van der Waals surface area contributed by atoms with Crippen LogP contribution in [0.25, 0.3) is 0 Å². The third kappa shape index (κ3) is 2.53. The molecule has 0 unspecified atom stereocenters. The second-order valence-electron chi connectivity index (χ2n) is 6.08. The lowest BCUT2D eigenvalue weighted by molar-refractivity contribution is -0.385. The van der Waals surface area contributed by atoms with E-state index < -0.39 is 22.1 Å². The van der Waals surface area contributed by atoms with Gasteiger partial charge in [0.1, 0.15) is 5.82 Å². The summed E-state index contributed by atoms with van der Waals surface area (Å²) < 4.78 is 2.16. The topological polar surface area (TPSA) is 116 Å². The summed E-state index contributed by atoms with van der Waals surface area (Å²) in [5, 5.41) is 13.8. The van der Waals surface area contributed by atoms with Crippen LogP contribution in [0, 0.1) is 17.0 Å². The fourth-order valence-electron chi connectivity index (χ4n) is 3.13. The smallest absolute Gasteiger partial charge is 0.312 e. The molecule has 0 spiro atoms.